The van der Waals surface area contributed by atoms with Gasteiger partial charge in [-0.2, -0.15) is 18.3 Å². The van der Waals surface area contributed by atoms with Crippen molar-refractivity contribution in [3.63, 3.8) is 0 Å². The summed E-state index contributed by atoms with van der Waals surface area (Å²) in [6.07, 6.45) is -3.01. The van der Waals surface area contributed by atoms with Crippen LogP contribution in [0.4, 0.5) is 18.9 Å². The van der Waals surface area contributed by atoms with E-state index >= 15 is 0 Å². The first-order valence-electron chi connectivity index (χ1n) is 7.96. The Kier molecular flexibility index (Phi) is 4.27. The number of benzene rings is 1. The molecule has 0 radical (unpaired) electrons. The SMILES string of the molecule is O=C(Nc1ccc(Cl)c(Cl)c1)c1cc2nc(C3CC3)cc(C(F)(F)F)n2n1. The molecule has 0 atom stereocenters. The lowest BCUT2D eigenvalue weighted by molar-refractivity contribution is -0.142. The molecule has 10 heteroatoms. The number of aromatic nitrogens is 3. The molecular weight excluding hydrogens is 404 g/mol. The molecule has 27 heavy (non-hydrogen) atoms. The van der Waals surface area contributed by atoms with E-state index in [0.29, 0.717) is 20.9 Å². The molecule has 4 rings (SSSR count). The molecule has 0 saturated heterocycles. The normalized spacial score (nSPS) is 14.6. The molecule has 2 aromatic heterocycles. The largest absolute Gasteiger partial charge is 0.433 e. The van der Waals surface area contributed by atoms with Crippen LogP contribution in [0.1, 0.15) is 40.6 Å². The standard InChI is InChI=1S/C17H11Cl2F3N4O/c18-10-4-3-9(5-11(10)19)23-16(27)13-7-15-24-12(8-1-2-8)6-14(17(20,21)22)26(15)25-13/h3-8H,1-2H2,(H,23,27). The number of hydrogen-bond acceptors (Lipinski definition) is 3. The van der Waals surface area contributed by atoms with Crippen LogP contribution in [0.5, 0.6) is 0 Å². The molecule has 1 aliphatic carbocycles. The van der Waals surface area contributed by atoms with Crippen LogP contribution in [0.15, 0.2) is 30.3 Å². The van der Waals surface area contributed by atoms with Crippen LogP contribution >= 0.6 is 23.2 Å². The molecular formula is C17H11Cl2F3N4O. The third kappa shape index (κ3) is 3.59. The van der Waals surface area contributed by atoms with Gasteiger partial charge >= 0.3 is 6.18 Å². The number of fused-ring (bicyclic) bond motifs is 1. The Bertz CT molecular complexity index is 1060. The van der Waals surface area contributed by atoms with Crippen LogP contribution < -0.4 is 5.32 Å². The van der Waals surface area contributed by atoms with Crippen LogP contribution in [0, 0.1) is 0 Å². The Labute approximate surface area is 161 Å². The van der Waals surface area contributed by atoms with E-state index in [0.717, 1.165) is 18.9 Å². The predicted octanol–water partition coefficient (Wildman–Crippen LogP) is 5.18. The number of carbonyl (C=O) groups excluding carboxylic acids is 1. The van der Waals surface area contributed by atoms with Crippen LogP contribution in [-0.2, 0) is 6.18 Å². The Morgan fingerprint density at radius 3 is 2.52 bits per heavy atom. The number of amides is 1. The Hall–Kier alpha value is -2.32. The highest BCUT2D eigenvalue weighted by Gasteiger charge is 2.37. The first kappa shape index (κ1) is 18.1. The molecule has 1 aliphatic rings. The number of halogens is 5. The number of carbonyl (C=O) groups is 1. The van der Waals surface area contributed by atoms with Crippen LogP contribution in [0.3, 0.4) is 0 Å². The number of nitrogens with one attached hydrogen (secondary N) is 1. The van der Waals surface area contributed by atoms with Gasteiger partial charge in [-0.05, 0) is 37.1 Å². The van der Waals surface area contributed by atoms with E-state index in [-0.39, 0.29) is 22.3 Å². The number of nitrogens with zero attached hydrogens (tertiary/aromatic N) is 3. The van der Waals surface area contributed by atoms with Crippen molar-refractivity contribution in [1.29, 1.82) is 0 Å². The third-order valence-electron chi connectivity index (χ3n) is 4.14. The Balaban J connectivity index is 1.71. The topological polar surface area (TPSA) is 59.3 Å². The van der Waals surface area contributed by atoms with E-state index in [1.165, 1.54) is 24.3 Å². The van der Waals surface area contributed by atoms with Crippen LogP contribution in [0.2, 0.25) is 10.0 Å². The van der Waals surface area contributed by atoms with Gasteiger partial charge in [0.25, 0.3) is 5.91 Å². The molecule has 0 aliphatic heterocycles. The number of hydrogen-bond donors (Lipinski definition) is 1. The monoisotopic (exact) mass is 414 g/mol. The minimum absolute atomic E-state index is 0.0222. The van der Waals surface area contributed by atoms with Crippen LogP contribution in [0.25, 0.3) is 5.65 Å². The predicted molar refractivity (Wildman–Crippen MR) is 94.4 cm³/mol. The summed E-state index contributed by atoms with van der Waals surface area (Å²) < 4.78 is 40.9. The van der Waals surface area contributed by atoms with Crippen molar-refractivity contribution in [1.82, 2.24) is 14.6 Å². The zero-order valence-electron chi connectivity index (χ0n) is 13.5. The van der Waals surface area contributed by atoms with E-state index in [1.807, 2.05) is 0 Å². The molecule has 1 saturated carbocycles. The molecule has 1 aromatic carbocycles. The number of anilines is 1. The highest BCUT2D eigenvalue weighted by Crippen LogP contribution is 2.41. The summed E-state index contributed by atoms with van der Waals surface area (Å²) in [6.45, 7) is 0. The van der Waals surface area contributed by atoms with E-state index < -0.39 is 17.8 Å². The minimum atomic E-state index is -4.62. The summed E-state index contributed by atoms with van der Waals surface area (Å²) in [5.74, 6) is -0.653. The first-order valence-corrected chi connectivity index (χ1v) is 8.72. The number of rotatable bonds is 3. The second-order valence-electron chi connectivity index (χ2n) is 6.22. The minimum Gasteiger partial charge on any atom is -0.321 e. The average Bonchev–Trinajstić information content (AvgIpc) is 3.35. The van der Waals surface area contributed by atoms with Gasteiger partial charge in [0.1, 0.15) is 5.69 Å². The lowest BCUT2D eigenvalue weighted by Crippen LogP contribution is -2.16. The maximum atomic E-state index is 13.4. The van der Waals surface area contributed by atoms with Gasteiger partial charge in [-0.25, -0.2) is 9.50 Å². The lowest BCUT2D eigenvalue weighted by atomic mass is 10.2. The molecule has 3 aromatic rings. The van der Waals surface area contributed by atoms with Gasteiger partial charge in [-0.3, -0.25) is 4.79 Å². The van der Waals surface area contributed by atoms with Crippen molar-refractivity contribution in [3.05, 3.63) is 57.5 Å². The van der Waals surface area contributed by atoms with Gasteiger partial charge in [0.2, 0.25) is 0 Å². The zero-order chi connectivity index (χ0) is 19.3. The summed E-state index contributed by atoms with van der Waals surface area (Å²) in [5.41, 5.74) is -0.457. The summed E-state index contributed by atoms with van der Waals surface area (Å²) in [6, 6.07) is 6.68. The van der Waals surface area contributed by atoms with Crippen molar-refractivity contribution in [2.45, 2.75) is 24.9 Å². The van der Waals surface area contributed by atoms with Crippen molar-refractivity contribution in [2.24, 2.45) is 0 Å². The Morgan fingerprint density at radius 1 is 1.15 bits per heavy atom. The molecule has 0 spiro atoms. The molecule has 5 nitrogen and oxygen atoms in total. The zero-order valence-corrected chi connectivity index (χ0v) is 15.0. The van der Waals surface area contributed by atoms with Gasteiger partial charge < -0.3 is 5.32 Å². The molecule has 0 unspecified atom stereocenters. The van der Waals surface area contributed by atoms with Gasteiger partial charge in [-0.15, -0.1) is 0 Å². The molecule has 140 valence electrons. The summed E-state index contributed by atoms with van der Waals surface area (Å²) in [5, 5.41) is 6.88. The fourth-order valence-electron chi connectivity index (χ4n) is 2.66. The second-order valence-corrected chi connectivity index (χ2v) is 7.04. The van der Waals surface area contributed by atoms with E-state index in [4.69, 9.17) is 23.2 Å². The smallest absolute Gasteiger partial charge is 0.321 e. The van der Waals surface area contributed by atoms with Crippen molar-refractivity contribution >= 4 is 40.4 Å². The van der Waals surface area contributed by atoms with E-state index in [1.54, 1.807) is 0 Å². The fourth-order valence-corrected chi connectivity index (χ4v) is 2.96. The highest BCUT2D eigenvalue weighted by atomic mass is 35.5. The summed E-state index contributed by atoms with van der Waals surface area (Å²) >= 11 is 11.7. The van der Waals surface area contributed by atoms with Gasteiger partial charge in [0.05, 0.1) is 10.0 Å². The molecule has 0 bridgehead atoms. The summed E-state index contributed by atoms with van der Waals surface area (Å²) in [4.78, 5) is 16.6. The van der Waals surface area contributed by atoms with E-state index in [2.05, 4.69) is 15.4 Å². The quantitative estimate of drug-likeness (QED) is 0.641. The summed E-state index contributed by atoms with van der Waals surface area (Å²) in [7, 11) is 0. The van der Waals surface area contributed by atoms with Gasteiger partial charge in [-0.1, -0.05) is 23.2 Å². The van der Waals surface area contributed by atoms with Crippen molar-refractivity contribution in [2.75, 3.05) is 5.32 Å². The maximum Gasteiger partial charge on any atom is 0.433 e. The van der Waals surface area contributed by atoms with E-state index in [9.17, 15) is 18.0 Å². The third-order valence-corrected chi connectivity index (χ3v) is 4.88. The molecule has 1 N–H and O–H groups in total. The van der Waals surface area contributed by atoms with Gasteiger partial charge in [0, 0.05) is 23.4 Å². The number of alkyl halides is 3. The second kappa shape index (κ2) is 6.38. The molecule has 1 amide bonds. The maximum absolute atomic E-state index is 13.4. The average molecular weight is 415 g/mol. The fraction of sp³-hybridized carbons (Fsp3) is 0.235. The first-order chi connectivity index (χ1) is 12.7. The van der Waals surface area contributed by atoms with Crippen LogP contribution in [-0.4, -0.2) is 20.5 Å². The molecule has 2 heterocycles. The molecule has 1 fully saturated rings. The highest BCUT2D eigenvalue weighted by molar-refractivity contribution is 6.42. The van der Waals surface area contributed by atoms with Gasteiger partial charge in [0.15, 0.2) is 11.3 Å². The lowest BCUT2D eigenvalue weighted by Gasteiger charge is -2.10. The Morgan fingerprint density at radius 2 is 1.89 bits per heavy atom. The van der Waals surface area contributed by atoms with Crippen molar-refractivity contribution in [3.8, 4) is 0 Å². The van der Waals surface area contributed by atoms with Crippen molar-refractivity contribution < 1.29 is 18.0 Å².